The van der Waals surface area contributed by atoms with E-state index >= 15 is 0 Å². The number of nitrogens with one attached hydrogen (secondary N) is 1. The zero-order valence-corrected chi connectivity index (χ0v) is 12.4. The normalized spacial score (nSPS) is 10.3. The number of ether oxygens (including phenoxy) is 1. The summed E-state index contributed by atoms with van der Waals surface area (Å²) in [5.41, 5.74) is 2.00. The van der Waals surface area contributed by atoms with Crippen molar-refractivity contribution < 1.29 is 18.7 Å². The molecule has 0 saturated carbocycles. The van der Waals surface area contributed by atoms with Crippen LogP contribution in [0.1, 0.15) is 37.8 Å². The number of anilines is 1. The summed E-state index contributed by atoms with van der Waals surface area (Å²) in [7, 11) is 1.30. The molecule has 1 aromatic heterocycles. The fourth-order valence-electron chi connectivity index (χ4n) is 2.19. The number of hydrogen-bond acceptors (Lipinski definition) is 4. The number of benzene rings is 1. The molecule has 0 aliphatic carbocycles. The number of amides is 1. The van der Waals surface area contributed by atoms with Gasteiger partial charge < -0.3 is 14.5 Å². The maximum Gasteiger partial charge on any atom is 0.339 e. The Morgan fingerprint density at radius 2 is 1.76 bits per heavy atom. The zero-order valence-electron chi connectivity index (χ0n) is 12.4. The average molecular weight is 287 g/mol. The highest BCUT2D eigenvalue weighted by Gasteiger charge is 2.20. The maximum atomic E-state index is 12.4. The number of carbonyl (C=O) groups excluding carboxylic acids is 2. The highest BCUT2D eigenvalue weighted by molar-refractivity contribution is 6.09. The number of rotatable bonds is 3. The number of carbonyl (C=O) groups is 2. The van der Waals surface area contributed by atoms with E-state index in [0.29, 0.717) is 28.3 Å². The van der Waals surface area contributed by atoms with Crippen molar-refractivity contribution in [2.24, 2.45) is 0 Å². The van der Waals surface area contributed by atoms with E-state index in [4.69, 9.17) is 9.15 Å². The first kappa shape index (κ1) is 14.8. The van der Waals surface area contributed by atoms with Crippen molar-refractivity contribution in [2.75, 3.05) is 12.4 Å². The highest BCUT2D eigenvalue weighted by atomic mass is 16.5. The minimum Gasteiger partial charge on any atom is -0.466 e. The van der Waals surface area contributed by atoms with Gasteiger partial charge in [-0.1, -0.05) is 12.1 Å². The smallest absolute Gasteiger partial charge is 0.339 e. The molecule has 2 aromatic rings. The maximum absolute atomic E-state index is 12.4. The van der Waals surface area contributed by atoms with Crippen LogP contribution in [-0.4, -0.2) is 19.0 Å². The van der Waals surface area contributed by atoms with Crippen molar-refractivity contribution in [2.45, 2.75) is 20.8 Å². The van der Waals surface area contributed by atoms with E-state index in [1.807, 2.05) is 13.8 Å². The van der Waals surface area contributed by atoms with E-state index < -0.39 is 5.97 Å². The quantitative estimate of drug-likeness (QED) is 0.880. The van der Waals surface area contributed by atoms with Crippen LogP contribution in [0.5, 0.6) is 0 Å². The van der Waals surface area contributed by atoms with Crippen LogP contribution in [-0.2, 0) is 4.74 Å². The second kappa shape index (κ2) is 5.83. The summed E-state index contributed by atoms with van der Waals surface area (Å²) in [6.07, 6.45) is 0. The van der Waals surface area contributed by atoms with Crippen LogP contribution in [0.25, 0.3) is 0 Å². The van der Waals surface area contributed by atoms with E-state index in [2.05, 4.69) is 5.32 Å². The Morgan fingerprint density at radius 1 is 1.10 bits per heavy atom. The Kier molecular flexibility index (Phi) is 4.12. The molecule has 1 amide bonds. The van der Waals surface area contributed by atoms with E-state index in [1.54, 1.807) is 31.2 Å². The number of methoxy groups -OCH3 is 1. The lowest BCUT2D eigenvalue weighted by Gasteiger charge is -2.09. The summed E-state index contributed by atoms with van der Waals surface area (Å²) in [6.45, 7) is 5.37. The second-order valence-corrected chi connectivity index (χ2v) is 4.71. The van der Waals surface area contributed by atoms with Gasteiger partial charge in [0.15, 0.2) is 0 Å². The number of esters is 1. The van der Waals surface area contributed by atoms with Crippen LogP contribution in [0, 0.1) is 20.8 Å². The SMILES string of the molecule is COC(=O)c1ccccc1NC(=O)c1c(C)oc(C)c1C. The number of hydrogen-bond donors (Lipinski definition) is 1. The van der Waals surface area contributed by atoms with Crippen LogP contribution in [0.2, 0.25) is 0 Å². The first-order valence-electron chi connectivity index (χ1n) is 6.51. The number of furan rings is 1. The van der Waals surface area contributed by atoms with Crippen LogP contribution in [0.4, 0.5) is 5.69 Å². The number of aryl methyl sites for hydroxylation is 2. The molecule has 0 radical (unpaired) electrons. The Balaban J connectivity index is 2.34. The topological polar surface area (TPSA) is 68.5 Å². The van der Waals surface area contributed by atoms with Gasteiger partial charge in [0.25, 0.3) is 5.91 Å². The van der Waals surface area contributed by atoms with Gasteiger partial charge in [0.2, 0.25) is 0 Å². The van der Waals surface area contributed by atoms with Crippen LogP contribution >= 0.6 is 0 Å². The molecule has 0 fully saturated rings. The standard InChI is InChI=1S/C16H17NO4/c1-9-10(2)21-11(3)14(9)15(18)17-13-8-6-5-7-12(13)16(19)20-4/h5-8H,1-4H3,(H,17,18). The Morgan fingerprint density at radius 3 is 2.33 bits per heavy atom. The molecule has 0 unspecified atom stereocenters. The van der Waals surface area contributed by atoms with Gasteiger partial charge in [-0.05, 0) is 32.9 Å². The third-order valence-electron chi connectivity index (χ3n) is 3.37. The Labute approximate surface area is 122 Å². The predicted molar refractivity (Wildman–Crippen MR) is 78.7 cm³/mol. The first-order chi connectivity index (χ1) is 9.95. The lowest BCUT2D eigenvalue weighted by Crippen LogP contribution is -2.16. The van der Waals surface area contributed by atoms with E-state index in [0.717, 1.165) is 5.56 Å². The highest BCUT2D eigenvalue weighted by Crippen LogP contribution is 2.23. The molecular formula is C16H17NO4. The number of para-hydroxylation sites is 1. The van der Waals surface area contributed by atoms with E-state index in [1.165, 1.54) is 7.11 Å². The molecular weight excluding hydrogens is 270 g/mol. The van der Waals surface area contributed by atoms with Gasteiger partial charge >= 0.3 is 5.97 Å². The molecule has 0 bridgehead atoms. The minimum absolute atomic E-state index is 0.307. The summed E-state index contributed by atoms with van der Waals surface area (Å²) < 4.78 is 10.2. The zero-order chi connectivity index (χ0) is 15.6. The van der Waals surface area contributed by atoms with Gasteiger partial charge in [-0.15, -0.1) is 0 Å². The molecule has 5 nitrogen and oxygen atoms in total. The molecule has 0 atom stereocenters. The summed E-state index contributed by atoms with van der Waals surface area (Å²) >= 11 is 0. The lowest BCUT2D eigenvalue weighted by atomic mass is 10.1. The van der Waals surface area contributed by atoms with Crippen LogP contribution in [0.15, 0.2) is 28.7 Å². The van der Waals surface area contributed by atoms with Crippen molar-refractivity contribution in [1.82, 2.24) is 0 Å². The summed E-state index contributed by atoms with van der Waals surface area (Å²) in [5, 5.41) is 2.74. The Bertz CT molecular complexity index is 700. The molecule has 110 valence electrons. The second-order valence-electron chi connectivity index (χ2n) is 4.71. The van der Waals surface area contributed by atoms with Crippen LogP contribution in [0.3, 0.4) is 0 Å². The lowest BCUT2D eigenvalue weighted by molar-refractivity contribution is 0.0602. The minimum atomic E-state index is -0.497. The fraction of sp³-hybridized carbons (Fsp3) is 0.250. The monoisotopic (exact) mass is 287 g/mol. The molecule has 0 saturated heterocycles. The average Bonchev–Trinajstić information content (AvgIpc) is 2.71. The van der Waals surface area contributed by atoms with Gasteiger partial charge in [-0.25, -0.2) is 4.79 Å². The van der Waals surface area contributed by atoms with Gasteiger partial charge in [-0.2, -0.15) is 0 Å². The van der Waals surface area contributed by atoms with E-state index in [-0.39, 0.29) is 5.91 Å². The molecule has 1 N–H and O–H groups in total. The Hall–Kier alpha value is -2.56. The molecule has 21 heavy (non-hydrogen) atoms. The molecule has 5 heteroatoms. The van der Waals surface area contributed by atoms with Crippen molar-refractivity contribution in [3.63, 3.8) is 0 Å². The molecule has 2 rings (SSSR count). The van der Waals surface area contributed by atoms with Gasteiger partial charge in [0.05, 0.1) is 23.9 Å². The fourth-order valence-corrected chi connectivity index (χ4v) is 2.19. The molecule has 1 aromatic carbocycles. The van der Waals surface area contributed by atoms with Crippen molar-refractivity contribution in [3.05, 3.63) is 52.5 Å². The molecule has 0 aliphatic rings. The largest absolute Gasteiger partial charge is 0.466 e. The van der Waals surface area contributed by atoms with Crippen molar-refractivity contribution in [3.8, 4) is 0 Å². The van der Waals surface area contributed by atoms with Gasteiger partial charge in [0.1, 0.15) is 11.5 Å². The first-order valence-corrected chi connectivity index (χ1v) is 6.51. The third-order valence-corrected chi connectivity index (χ3v) is 3.37. The molecule has 0 spiro atoms. The predicted octanol–water partition coefficient (Wildman–Crippen LogP) is 3.24. The van der Waals surface area contributed by atoms with Gasteiger partial charge in [0, 0.05) is 5.56 Å². The summed E-state index contributed by atoms with van der Waals surface area (Å²) in [4.78, 5) is 24.1. The summed E-state index contributed by atoms with van der Waals surface area (Å²) in [6, 6.07) is 6.70. The molecule has 0 aliphatic heterocycles. The van der Waals surface area contributed by atoms with Gasteiger partial charge in [-0.3, -0.25) is 4.79 Å². The summed E-state index contributed by atoms with van der Waals surface area (Å²) in [5.74, 6) is 0.456. The van der Waals surface area contributed by atoms with Crippen LogP contribution < -0.4 is 5.32 Å². The van der Waals surface area contributed by atoms with E-state index in [9.17, 15) is 9.59 Å². The third kappa shape index (κ3) is 2.81. The van der Waals surface area contributed by atoms with Crippen molar-refractivity contribution in [1.29, 1.82) is 0 Å². The van der Waals surface area contributed by atoms with Crippen molar-refractivity contribution >= 4 is 17.6 Å². The molecule has 1 heterocycles.